The van der Waals surface area contributed by atoms with Crippen LogP contribution in [0.5, 0.6) is 0 Å². The van der Waals surface area contributed by atoms with E-state index >= 15 is 0 Å². The normalized spacial score (nSPS) is 18.2. The third-order valence-corrected chi connectivity index (χ3v) is 3.98. The molecule has 1 heterocycles. The Hall–Kier alpha value is -1.06. The number of nitrogens with one attached hydrogen (secondary N) is 1. The van der Waals surface area contributed by atoms with Gasteiger partial charge in [0.15, 0.2) is 0 Å². The second kappa shape index (κ2) is 7.28. The molecule has 2 rings (SSSR count). The molecule has 1 amide bonds. The molecule has 1 aromatic rings. The van der Waals surface area contributed by atoms with E-state index in [1.807, 2.05) is 24.0 Å². The number of nitrogens with zero attached hydrogens (tertiary/aromatic N) is 1. The van der Waals surface area contributed by atoms with Crippen molar-refractivity contribution in [3.63, 3.8) is 0 Å². The highest BCUT2D eigenvalue weighted by Crippen LogP contribution is 2.18. The van der Waals surface area contributed by atoms with Crippen LogP contribution < -0.4 is 5.32 Å². The lowest BCUT2D eigenvalue weighted by Gasteiger charge is -2.28. The molecule has 1 fully saturated rings. The van der Waals surface area contributed by atoms with E-state index in [1.54, 1.807) is 6.07 Å². The number of carbonyl (C=O) groups excluding carboxylic acids is 1. The lowest BCUT2D eigenvalue weighted by molar-refractivity contribution is 0.0721. The summed E-state index contributed by atoms with van der Waals surface area (Å²) in [7, 11) is 0. The van der Waals surface area contributed by atoms with Crippen molar-refractivity contribution in [1.29, 1.82) is 0 Å². The Balaban J connectivity index is 2.15. The van der Waals surface area contributed by atoms with Gasteiger partial charge < -0.3 is 10.2 Å². The van der Waals surface area contributed by atoms with Crippen molar-refractivity contribution in [2.45, 2.75) is 39.7 Å². The number of hydrogen-bond donors (Lipinski definition) is 1. The monoisotopic (exact) mass is 308 g/mol. The number of carbonyl (C=O) groups is 1. The zero-order valence-corrected chi connectivity index (χ0v) is 13.9. The van der Waals surface area contributed by atoms with E-state index in [4.69, 9.17) is 11.6 Å². The number of hydrogen-bond acceptors (Lipinski definition) is 2. The van der Waals surface area contributed by atoms with E-state index in [0.29, 0.717) is 22.5 Å². The average molecular weight is 309 g/mol. The van der Waals surface area contributed by atoms with Gasteiger partial charge in [-0.05, 0) is 56.0 Å². The van der Waals surface area contributed by atoms with E-state index in [1.165, 1.54) is 6.42 Å². The van der Waals surface area contributed by atoms with E-state index in [9.17, 15) is 4.79 Å². The maximum atomic E-state index is 12.8. The Morgan fingerprint density at radius 2 is 2.19 bits per heavy atom. The molecule has 1 aliphatic rings. The van der Waals surface area contributed by atoms with Crippen molar-refractivity contribution in [3.8, 4) is 0 Å². The van der Waals surface area contributed by atoms with Gasteiger partial charge in [-0.1, -0.05) is 25.4 Å². The lowest BCUT2D eigenvalue weighted by atomic mass is 10.1. The van der Waals surface area contributed by atoms with Gasteiger partial charge in [-0.25, -0.2) is 0 Å². The molecule has 0 aliphatic carbocycles. The number of rotatable bonds is 5. The predicted molar refractivity (Wildman–Crippen MR) is 88.0 cm³/mol. The van der Waals surface area contributed by atoms with Crippen molar-refractivity contribution in [2.75, 3.05) is 19.6 Å². The molecule has 21 heavy (non-hydrogen) atoms. The SMILES string of the molecule is Cc1cc(Cl)cc(C(=O)N(CC(C)C)CC2CCCN2)c1. The Morgan fingerprint density at radius 3 is 2.76 bits per heavy atom. The Kier molecular flexibility index (Phi) is 5.65. The third-order valence-electron chi connectivity index (χ3n) is 3.76. The number of benzene rings is 1. The summed E-state index contributed by atoms with van der Waals surface area (Å²) in [5, 5.41) is 4.10. The fourth-order valence-corrected chi connectivity index (χ4v) is 3.19. The molecule has 0 spiro atoms. The van der Waals surface area contributed by atoms with Crippen molar-refractivity contribution in [3.05, 3.63) is 34.3 Å². The van der Waals surface area contributed by atoms with Gasteiger partial charge >= 0.3 is 0 Å². The highest BCUT2D eigenvalue weighted by Gasteiger charge is 2.23. The highest BCUT2D eigenvalue weighted by molar-refractivity contribution is 6.31. The molecule has 0 saturated carbocycles. The first-order valence-electron chi connectivity index (χ1n) is 7.75. The zero-order chi connectivity index (χ0) is 15.4. The van der Waals surface area contributed by atoms with Gasteiger partial charge in [0.1, 0.15) is 0 Å². The van der Waals surface area contributed by atoms with E-state index in [2.05, 4.69) is 19.2 Å². The number of halogens is 1. The minimum atomic E-state index is 0.0861. The molecule has 116 valence electrons. The number of aryl methyl sites for hydroxylation is 1. The maximum Gasteiger partial charge on any atom is 0.253 e. The lowest BCUT2D eigenvalue weighted by Crippen LogP contribution is -2.42. The summed E-state index contributed by atoms with van der Waals surface area (Å²) in [5.74, 6) is 0.540. The van der Waals surface area contributed by atoms with Gasteiger partial charge in [0.05, 0.1) is 0 Å². The summed E-state index contributed by atoms with van der Waals surface area (Å²) in [6, 6.07) is 5.99. The minimum absolute atomic E-state index is 0.0861. The summed E-state index contributed by atoms with van der Waals surface area (Å²) >= 11 is 6.09. The maximum absolute atomic E-state index is 12.8. The van der Waals surface area contributed by atoms with Gasteiger partial charge in [0, 0.05) is 29.7 Å². The van der Waals surface area contributed by atoms with Crippen molar-refractivity contribution in [2.24, 2.45) is 5.92 Å². The topological polar surface area (TPSA) is 32.3 Å². The van der Waals surface area contributed by atoms with Crippen LogP contribution in [0.15, 0.2) is 18.2 Å². The van der Waals surface area contributed by atoms with Crippen molar-refractivity contribution >= 4 is 17.5 Å². The molecular weight excluding hydrogens is 284 g/mol. The molecule has 4 heteroatoms. The molecule has 1 N–H and O–H groups in total. The van der Waals surface area contributed by atoms with Crippen LogP contribution in [0.3, 0.4) is 0 Å². The fourth-order valence-electron chi connectivity index (χ4n) is 2.90. The van der Waals surface area contributed by atoms with Crippen LogP contribution in [-0.4, -0.2) is 36.5 Å². The quantitative estimate of drug-likeness (QED) is 0.903. The first-order chi connectivity index (χ1) is 9.95. The molecule has 3 nitrogen and oxygen atoms in total. The van der Waals surface area contributed by atoms with Gasteiger partial charge in [-0.15, -0.1) is 0 Å². The summed E-state index contributed by atoms with van der Waals surface area (Å²) in [6.45, 7) is 8.88. The van der Waals surface area contributed by atoms with E-state index in [-0.39, 0.29) is 5.91 Å². The average Bonchev–Trinajstić information content (AvgIpc) is 2.88. The third kappa shape index (κ3) is 4.72. The molecule has 1 atom stereocenters. The van der Waals surface area contributed by atoms with Crippen LogP contribution in [0.25, 0.3) is 0 Å². The molecule has 1 unspecified atom stereocenters. The fraction of sp³-hybridized carbons (Fsp3) is 0.588. The number of amides is 1. The van der Waals surface area contributed by atoms with Gasteiger partial charge in [-0.2, -0.15) is 0 Å². The van der Waals surface area contributed by atoms with Crippen molar-refractivity contribution < 1.29 is 4.79 Å². The summed E-state index contributed by atoms with van der Waals surface area (Å²) in [6.07, 6.45) is 2.35. The first kappa shape index (κ1) is 16.3. The van der Waals surface area contributed by atoms with Crippen LogP contribution in [0.4, 0.5) is 0 Å². The summed E-state index contributed by atoms with van der Waals surface area (Å²) in [4.78, 5) is 14.8. The Morgan fingerprint density at radius 1 is 1.43 bits per heavy atom. The standard InChI is InChI=1S/C17H25ClN2O/c1-12(2)10-20(11-16-5-4-6-19-16)17(21)14-7-13(3)8-15(18)9-14/h7-9,12,16,19H,4-6,10-11H2,1-3H3. The first-order valence-corrected chi connectivity index (χ1v) is 8.13. The van der Waals surface area contributed by atoms with Crippen LogP contribution >= 0.6 is 11.6 Å². The van der Waals surface area contributed by atoms with Crippen LogP contribution in [0, 0.1) is 12.8 Å². The molecular formula is C17H25ClN2O. The van der Waals surface area contributed by atoms with E-state index in [0.717, 1.165) is 31.6 Å². The molecule has 0 radical (unpaired) electrons. The van der Waals surface area contributed by atoms with Gasteiger partial charge in [0.2, 0.25) is 0 Å². The minimum Gasteiger partial charge on any atom is -0.337 e. The van der Waals surface area contributed by atoms with E-state index < -0.39 is 0 Å². The molecule has 0 bridgehead atoms. The molecule has 1 aliphatic heterocycles. The van der Waals surface area contributed by atoms with Crippen molar-refractivity contribution in [1.82, 2.24) is 10.2 Å². The Labute approximate surface area is 132 Å². The molecule has 1 saturated heterocycles. The molecule has 1 aromatic carbocycles. The van der Waals surface area contributed by atoms with Gasteiger partial charge in [-0.3, -0.25) is 4.79 Å². The van der Waals surface area contributed by atoms with Crippen LogP contribution in [0.1, 0.15) is 42.6 Å². The Bertz CT molecular complexity index is 475. The second-order valence-electron chi connectivity index (χ2n) is 6.41. The largest absolute Gasteiger partial charge is 0.337 e. The smallest absolute Gasteiger partial charge is 0.253 e. The summed E-state index contributed by atoms with van der Waals surface area (Å²) < 4.78 is 0. The van der Waals surface area contributed by atoms with Gasteiger partial charge in [0.25, 0.3) is 5.91 Å². The second-order valence-corrected chi connectivity index (χ2v) is 6.85. The highest BCUT2D eigenvalue weighted by atomic mass is 35.5. The zero-order valence-electron chi connectivity index (χ0n) is 13.2. The molecule has 0 aromatic heterocycles. The van der Waals surface area contributed by atoms with Crippen LogP contribution in [0.2, 0.25) is 5.02 Å². The predicted octanol–water partition coefficient (Wildman–Crippen LogP) is 3.50. The van der Waals surface area contributed by atoms with Crippen LogP contribution in [-0.2, 0) is 0 Å². The summed E-state index contributed by atoms with van der Waals surface area (Å²) in [5.41, 5.74) is 1.72.